The van der Waals surface area contributed by atoms with Crippen molar-refractivity contribution in [2.45, 2.75) is 49.6 Å². The molecule has 4 aliphatic carbocycles. The fraction of sp³-hybridized carbons (Fsp3) is 0.625. The smallest absolute Gasteiger partial charge is 0.270 e. The summed E-state index contributed by atoms with van der Waals surface area (Å²) in [6.45, 7) is 0. The zero-order valence-electron chi connectivity index (χ0n) is 11.6. The molecule has 1 heterocycles. The highest BCUT2D eigenvalue weighted by atomic mass is 16.2. The van der Waals surface area contributed by atoms with Crippen LogP contribution in [0.15, 0.2) is 24.4 Å². The van der Waals surface area contributed by atoms with E-state index in [1.165, 1.54) is 6.42 Å². The molecular weight excluding hydrogens is 250 g/mol. The first-order valence-electron chi connectivity index (χ1n) is 7.58. The Morgan fingerprint density at radius 3 is 2.60 bits per heavy atom. The summed E-state index contributed by atoms with van der Waals surface area (Å²) in [5.41, 5.74) is 6.95. The molecule has 106 valence electrons. The van der Waals surface area contributed by atoms with Gasteiger partial charge in [0.1, 0.15) is 5.69 Å². The normalized spacial score (nSPS) is 41.6. The number of pyridine rings is 1. The second-order valence-corrected chi connectivity index (χ2v) is 7.27. The van der Waals surface area contributed by atoms with E-state index in [-0.39, 0.29) is 17.0 Å². The third-order valence-corrected chi connectivity index (χ3v) is 5.38. The van der Waals surface area contributed by atoms with Crippen LogP contribution in [0.2, 0.25) is 0 Å². The van der Waals surface area contributed by atoms with Gasteiger partial charge in [-0.25, -0.2) is 0 Å². The van der Waals surface area contributed by atoms with Crippen LogP contribution in [-0.2, 0) is 0 Å². The second kappa shape index (κ2) is 4.04. The van der Waals surface area contributed by atoms with Crippen LogP contribution >= 0.6 is 0 Å². The fourth-order valence-corrected chi connectivity index (χ4v) is 5.28. The summed E-state index contributed by atoms with van der Waals surface area (Å²) in [5.74, 6) is 1.35. The van der Waals surface area contributed by atoms with Crippen LogP contribution < -0.4 is 11.1 Å². The molecular formula is C16H21N3O. The van der Waals surface area contributed by atoms with Gasteiger partial charge in [-0.15, -0.1) is 0 Å². The van der Waals surface area contributed by atoms with Crippen molar-refractivity contribution in [2.75, 3.05) is 0 Å². The molecule has 3 N–H and O–H groups in total. The molecule has 5 rings (SSSR count). The van der Waals surface area contributed by atoms with E-state index in [4.69, 9.17) is 5.73 Å². The Hall–Kier alpha value is -1.42. The number of rotatable bonds is 2. The number of hydrogen-bond donors (Lipinski definition) is 2. The van der Waals surface area contributed by atoms with Crippen molar-refractivity contribution < 1.29 is 4.79 Å². The minimum atomic E-state index is -0.0760. The molecule has 1 aromatic heterocycles. The lowest BCUT2D eigenvalue weighted by molar-refractivity contribution is -0.0321. The molecule has 4 aliphatic rings. The van der Waals surface area contributed by atoms with Gasteiger partial charge in [0.15, 0.2) is 0 Å². The molecule has 2 atom stereocenters. The molecule has 0 radical (unpaired) electrons. The van der Waals surface area contributed by atoms with Crippen LogP contribution in [0, 0.1) is 11.8 Å². The standard InChI is InChI=1S/C16H21N3O/c17-15-6-11-5-12(7-15)9-16(8-11,10-15)19-14(20)13-3-1-2-4-18-13/h1-4,11-12H,5-10,17H2,(H,19,20). The minimum Gasteiger partial charge on any atom is -0.345 e. The van der Waals surface area contributed by atoms with Crippen molar-refractivity contribution >= 4 is 5.91 Å². The lowest BCUT2D eigenvalue weighted by Crippen LogP contribution is -2.68. The van der Waals surface area contributed by atoms with Gasteiger partial charge in [0.2, 0.25) is 0 Å². The van der Waals surface area contributed by atoms with E-state index in [1.54, 1.807) is 12.3 Å². The molecule has 4 saturated carbocycles. The second-order valence-electron chi connectivity index (χ2n) is 7.27. The number of hydrogen-bond acceptors (Lipinski definition) is 3. The van der Waals surface area contributed by atoms with Gasteiger partial charge in [-0.05, 0) is 62.5 Å². The topological polar surface area (TPSA) is 68.0 Å². The molecule has 1 aromatic rings. The van der Waals surface area contributed by atoms with Crippen molar-refractivity contribution in [3.8, 4) is 0 Å². The van der Waals surface area contributed by atoms with E-state index < -0.39 is 0 Å². The number of nitrogens with one attached hydrogen (secondary N) is 1. The third kappa shape index (κ3) is 1.94. The summed E-state index contributed by atoms with van der Waals surface area (Å²) in [6, 6.07) is 5.45. The highest BCUT2D eigenvalue weighted by Crippen LogP contribution is 2.56. The SMILES string of the molecule is NC12CC3CC(C1)CC(NC(=O)c1ccccn1)(C3)C2. The molecule has 4 fully saturated rings. The van der Waals surface area contributed by atoms with Crippen molar-refractivity contribution in [1.29, 1.82) is 0 Å². The highest BCUT2D eigenvalue weighted by Gasteiger charge is 2.56. The number of amides is 1. The van der Waals surface area contributed by atoms with Crippen molar-refractivity contribution in [2.24, 2.45) is 17.6 Å². The van der Waals surface area contributed by atoms with Crippen LogP contribution in [0.4, 0.5) is 0 Å². The number of aromatic nitrogens is 1. The first-order valence-corrected chi connectivity index (χ1v) is 7.58. The quantitative estimate of drug-likeness (QED) is 0.862. The Kier molecular flexibility index (Phi) is 2.49. The molecule has 0 aliphatic heterocycles. The van der Waals surface area contributed by atoms with E-state index >= 15 is 0 Å². The van der Waals surface area contributed by atoms with Gasteiger partial charge < -0.3 is 11.1 Å². The number of carbonyl (C=O) groups is 1. The van der Waals surface area contributed by atoms with E-state index in [2.05, 4.69) is 10.3 Å². The predicted molar refractivity (Wildman–Crippen MR) is 76.0 cm³/mol. The Morgan fingerprint density at radius 2 is 2.00 bits per heavy atom. The van der Waals surface area contributed by atoms with Gasteiger partial charge in [0.05, 0.1) is 0 Å². The average molecular weight is 271 g/mol. The zero-order chi connectivity index (χ0) is 13.8. The van der Waals surface area contributed by atoms with Crippen LogP contribution in [0.3, 0.4) is 0 Å². The summed E-state index contributed by atoms with van der Waals surface area (Å²) in [4.78, 5) is 16.6. The fourth-order valence-electron chi connectivity index (χ4n) is 5.28. The lowest BCUT2D eigenvalue weighted by atomic mass is 9.50. The molecule has 0 spiro atoms. The van der Waals surface area contributed by atoms with Crippen LogP contribution in [-0.4, -0.2) is 22.0 Å². The minimum absolute atomic E-state index is 0.0402. The van der Waals surface area contributed by atoms with Gasteiger partial charge in [0.25, 0.3) is 5.91 Å². The number of nitrogens with zero attached hydrogens (tertiary/aromatic N) is 1. The van der Waals surface area contributed by atoms with E-state index in [0.717, 1.165) is 32.1 Å². The molecule has 1 amide bonds. The van der Waals surface area contributed by atoms with Crippen LogP contribution in [0.5, 0.6) is 0 Å². The third-order valence-electron chi connectivity index (χ3n) is 5.38. The van der Waals surface area contributed by atoms with Gasteiger partial charge in [-0.1, -0.05) is 6.07 Å². The first-order chi connectivity index (χ1) is 9.56. The van der Waals surface area contributed by atoms with Gasteiger partial charge in [-0.3, -0.25) is 9.78 Å². The Bertz CT molecular complexity index is 528. The van der Waals surface area contributed by atoms with E-state index in [1.807, 2.05) is 12.1 Å². The Labute approximate surface area is 119 Å². The van der Waals surface area contributed by atoms with Crippen LogP contribution in [0.25, 0.3) is 0 Å². The Morgan fingerprint density at radius 1 is 1.25 bits per heavy atom. The first kappa shape index (κ1) is 12.3. The summed E-state index contributed by atoms with van der Waals surface area (Å²) in [6.07, 6.45) is 8.39. The van der Waals surface area contributed by atoms with E-state index in [0.29, 0.717) is 17.5 Å². The molecule has 4 heteroatoms. The van der Waals surface area contributed by atoms with E-state index in [9.17, 15) is 4.79 Å². The highest BCUT2D eigenvalue weighted by molar-refractivity contribution is 5.92. The van der Waals surface area contributed by atoms with Crippen LogP contribution in [0.1, 0.15) is 49.0 Å². The molecule has 0 aromatic carbocycles. The molecule has 0 saturated heterocycles. The Balaban J connectivity index is 1.58. The average Bonchev–Trinajstić information content (AvgIpc) is 2.36. The van der Waals surface area contributed by atoms with Crippen molar-refractivity contribution in [1.82, 2.24) is 10.3 Å². The molecule has 20 heavy (non-hydrogen) atoms. The molecule has 4 bridgehead atoms. The maximum absolute atomic E-state index is 12.4. The molecule has 2 unspecified atom stereocenters. The summed E-state index contributed by atoms with van der Waals surface area (Å²) in [7, 11) is 0. The summed E-state index contributed by atoms with van der Waals surface area (Å²) < 4.78 is 0. The molecule has 4 nitrogen and oxygen atoms in total. The van der Waals surface area contributed by atoms with Gasteiger partial charge >= 0.3 is 0 Å². The zero-order valence-corrected chi connectivity index (χ0v) is 11.6. The van der Waals surface area contributed by atoms with Gasteiger partial charge in [-0.2, -0.15) is 0 Å². The number of carbonyl (C=O) groups excluding carboxylic acids is 1. The van der Waals surface area contributed by atoms with Gasteiger partial charge in [0, 0.05) is 17.3 Å². The van der Waals surface area contributed by atoms with Crippen molar-refractivity contribution in [3.05, 3.63) is 30.1 Å². The lowest BCUT2D eigenvalue weighted by Gasteiger charge is -2.61. The maximum Gasteiger partial charge on any atom is 0.270 e. The maximum atomic E-state index is 12.4. The summed E-state index contributed by atoms with van der Waals surface area (Å²) in [5, 5.41) is 3.28. The monoisotopic (exact) mass is 271 g/mol. The largest absolute Gasteiger partial charge is 0.345 e. The predicted octanol–water partition coefficient (Wildman–Crippen LogP) is 1.86. The summed E-state index contributed by atoms with van der Waals surface area (Å²) >= 11 is 0. The number of nitrogens with two attached hydrogens (primary N) is 1. The van der Waals surface area contributed by atoms with Crippen molar-refractivity contribution in [3.63, 3.8) is 0 Å².